The largest absolute Gasteiger partial charge is 0.497 e. The highest BCUT2D eigenvalue weighted by atomic mass is 16.5. The van der Waals surface area contributed by atoms with E-state index in [1.807, 2.05) is 24.3 Å². The monoisotopic (exact) mass is 356 g/mol. The third-order valence-electron chi connectivity index (χ3n) is 4.65. The summed E-state index contributed by atoms with van der Waals surface area (Å²) < 4.78 is 10.6. The maximum Gasteiger partial charge on any atom is 0.229 e. The first-order chi connectivity index (χ1) is 12.7. The van der Waals surface area contributed by atoms with Crippen molar-refractivity contribution in [1.82, 2.24) is 9.97 Å². The second kappa shape index (κ2) is 8.85. The van der Waals surface area contributed by atoms with Crippen LogP contribution in [-0.2, 0) is 11.2 Å². The van der Waals surface area contributed by atoms with Crippen LogP contribution in [0.4, 0.5) is 17.5 Å². The van der Waals surface area contributed by atoms with Gasteiger partial charge >= 0.3 is 0 Å². The van der Waals surface area contributed by atoms with Gasteiger partial charge in [0.2, 0.25) is 5.95 Å². The molecule has 6 heteroatoms. The van der Waals surface area contributed by atoms with E-state index in [0.29, 0.717) is 12.0 Å². The summed E-state index contributed by atoms with van der Waals surface area (Å²) in [6, 6.07) is 10.3. The van der Waals surface area contributed by atoms with E-state index in [1.54, 1.807) is 14.2 Å². The van der Waals surface area contributed by atoms with Crippen LogP contribution in [0.1, 0.15) is 31.9 Å². The maximum absolute atomic E-state index is 5.39. The number of hydrogen-bond acceptors (Lipinski definition) is 6. The van der Waals surface area contributed by atoms with Gasteiger partial charge in [0.05, 0.1) is 19.8 Å². The molecule has 1 aliphatic rings. The summed E-state index contributed by atoms with van der Waals surface area (Å²) in [5.74, 6) is 2.45. The molecule has 2 aromatic rings. The predicted molar refractivity (Wildman–Crippen MR) is 105 cm³/mol. The summed E-state index contributed by atoms with van der Waals surface area (Å²) in [7, 11) is 3.42. The lowest BCUT2D eigenvalue weighted by Crippen LogP contribution is -2.33. The van der Waals surface area contributed by atoms with Gasteiger partial charge in [-0.25, -0.2) is 4.98 Å². The van der Waals surface area contributed by atoms with Gasteiger partial charge in [-0.2, -0.15) is 4.98 Å². The van der Waals surface area contributed by atoms with Crippen molar-refractivity contribution in [2.45, 2.75) is 38.6 Å². The Bertz CT molecular complexity index is 705. The molecule has 0 spiro atoms. The van der Waals surface area contributed by atoms with Gasteiger partial charge in [-0.3, -0.25) is 0 Å². The molecule has 1 unspecified atom stereocenters. The summed E-state index contributed by atoms with van der Waals surface area (Å²) in [4.78, 5) is 11.8. The maximum atomic E-state index is 5.39. The number of nitrogens with zero attached hydrogens (tertiary/aromatic N) is 3. The molecule has 6 nitrogen and oxygen atoms in total. The second-order valence-electron chi connectivity index (χ2n) is 6.59. The van der Waals surface area contributed by atoms with Crippen LogP contribution in [0.2, 0.25) is 0 Å². The number of methoxy groups -OCH3 is 2. The summed E-state index contributed by atoms with van der Waals surface area (Å²) in [5, 5.41) is 3.33. The topological polar surface area (TPSA) is 59.5 Å². The number of aromatic nitrogens is 2. The number of aryl methyl sites for hydroxylation is 1. The van der Waals surface area contributed by atoms with Crippen LogP contribution in [0, 0.1) is 0 Å². The molecule has 1 aromatic carbocycles. The SMILES string of the molecule is CCCc1cc(N2CCCC2COC)nc(Nc2ccc(OC)cc2)n1. The molecule has 3 rings (SSSR count). The summed E-state index contributed by atoms with van der Waals surface area (Å²) in [6.07, 6.45) is 4.31. The van der Waals surface area contributed by atoms with Crippen LogP contribution in [0.25, 0.3) is 0 Å². The molecule has 26 heavy (non-hydrogen) atoms. The Morgan fingerprint density at radius 3 is 2.69 bits per heavy atom. The quantitative estimate of drug-likeness (QED) is 0.776. The minimum absolute atomic E-state index is 0.387. The molecule has 0 radical (unpaired) electrons. The molecule has 140 valence electrons. The Kier molecular flexibility index (Phi) is 6.28. The van der Waals surface area contributed by atoms with Gasteiger partial charge in [0.1, 0.15) is 11.6 Å². The van der Waals surface area contributed by atoms with E-state index >= 15 is 0 Å². The fourth-order valence-electron chi connectivity index (χ4n) is 3.38. The molecule has 1 saturated heterocycles. The molecule has 1 N–H and O–H groups in total. The lowest BCUT2D eigenvalue weighted by Gasteiger charge is -2.26. The molecule has 1 atom stereocenters. The highest BCUT2D eigenvalue weighted by Gasteiger charge is 2.26. The smallest absolute Gasteiger partial charge is 0.229 e. The Labute approximate surface area is 155 Å². The molecule has 0 saturated carbocycles. The number of benzene rings is 1. The van der Waals surface area contributed by atoms with Crippen molar-refractivity contribution in [1.29, 1.82) is 0 Å². The van der Waals surface area contributed by atoms with Crippen molar-refractivity contribution < 1.29 is 9.47 Å². The number of anilines is 3. The Morgan fingerprint density at radius 1 is 1.19 bits per heavy atom. The molecule has 0 aliphatic carbocycles. The van der Waals surface area contributed by atoms with Crippen molar-refractivity contribution in [3.63, 3.8) is 0 Å². The lowest BCUT2D eigenvalue weighted by molar-refractivity contribution is 0.180. The molecular formula is C20H28N4O2. The van der Waals surface area contributed by atoms with Gasteiger partial charge < -0.3 is 19.7 Å². The average molecular weight is 356 g/mol. The third kappa shape index (κ3) is 4.43. The normalized spacial score (nSPS) is 16.7. The lowest BCUT2D eigenvalue weighted by atomic mass is 10.2. The Balaban J connectivity index is 1.85. The third-order valence-corrected chi connectivity index (χ3v) is 4.65. The standard InChI is InChI=1S/C20H28N4O2/c1-4-6-16-13-19(24-12-5-7-17(24)14-25-2)23-20(22-16)21-15-8-10-18(26-3)11-9-15/h8-11,13,17H,4-7,12,14H2,1-3H3,(H,21,22,23). The van der Waals surface area contributed by atoms with Gasteiger partial charge in [0, 0.05) is 31.1 Å². The van der Waals surface area contributed by atoms with Crippen LogP contribution < -0.4 is 15.0 Å². The van der Waals surface area contributed by atoms with E-state index < -0.39 is 0 Å². The van der Waals surface area contributed by atoms with Gasteiger partial charge in [-0.1, -0.05) is 13.3 Å². The first-order valence-electron chi connectivity index (χ1n) is 9.28. The van der Waals surface area contributed by atoms with E-state index in [-0.39, 0.29) is 0 Å². The molecule has 2 heterocycles. The van der Waals surface area contributed by atoms with Crippen molar-refractivity contribution in [3.8, 4) is 5.75 Å². The van der Waals surface area contributed by atoms with E-state index in [2.05, 4.69) is 23.2 Å². The van der Waals surface area contributed by atoms with Gasteiger partial charge in [-0.15, -0.1) is 0 Å². The first-order valence-corrected chi connectivity index (χ1v) is 9.28. The van der Waals surface area contributed by atoms with Crippen LogP contribution in [0.3, 0.4) is 0 Å². The summed E-state index contributed by atoms with van der Waals surface area (Å²) >= 11 is 0. The summed E-state index contributed by atoms with van der Waals surface area (Å²) in [6.45, 7) is 3.91. The Morgan fingerprint density at radius 2 is 2.00 bits per heavy atom. The highest BCUT2D eigenvalue weighted by Crippen LogP contribution is 2.27. The van der Waals surface area contributed by atoms with Gasteiger partial charge in [-0.05, 0) is 43.5 Å². The van der Waals surface area contributed by atoms with Crippen LogP contribution >= 0.6 is 0 Å². The summed E-state index contributed by atoms with van der Waals surface area (Å²) in [5.41, 5.74) is 2.01. The molecular weight excluding hydrogens is 328 g/mol. The molecule has 1 fully saturated rings. The zero-order valence-electron chi connectivity index (χ0n) is 15.9. The van der Waals surface area contributed by atoms with Crippen molar-refractivity contribution in [2.75, 3.05) is 37.6 Å². The number of rotatable bonds is 8. The minimum atomic E-state index is 0.387. The molecule has 1 aliphatic heterocycles. The van der Waals surface area contributed by atoms with Crippen LogP contribution in [0.15, 0.2) is 30.3 Å². The zero-order valence-corrected chi connectivity index (χ0v) is 15.9. The average Bonchev–Trinajstić information content (AvgIpc) is 3.11. The van der Waals surface area contributed by atoms with Crippen molar-refractivity contribution in [3.05, 3.63) is 36.0 Å². The van der Waals surface area contributed by atoms with Gasteiger partial charge in [0.25, 0.3) is 0 Å². The van der Waals surface area contributed by atoms with E-state index in [9.17, 15) is 0 Å². The van der Waals surface area contributed by atoms with Crippen LogP contribution in [0.5, 0.6) is 5.75 Å². The molecule has 0 bridgehead atoms. The minimum Gasteiger partial charge on any atom is -0.497 e. The predicted octanol–water partition coefficient (Wildman–Crippen LogP) is 3.80. The molecule has 0 amide bonds. The number of nitrogens with one attached hydrogen (secondary N) is 1. The fraction of sp³-hybridized carbons (Fsp3) is 0.500. The van der Waals surface area contributed by atoms with Gasteiger partial charge in [0.15, 0.2) is 0 Å². The van der Waals surface area contributed by atoms with Crippen molar-refractivity contribution >= 4 is 17.5 Å². The fourth-order valence-corrected chi connectivity index (χ4v) is 3.38. The molecule has 1 aromatic heterocycles. The highest BCUT2D eigenvalue weighted by molar-refractivity contribution is 5.57. The van der Waals surface area contributed by atoms with E-state index in [1.165, 1.54) is 6.42 Å². The first kappa shape index (κ1) is 18.5. The number of ether oxygens (including phenoxy) is 2. The Hall–Kier alpha value is -2.34. The second-order valence-corrected chi connectivity index (χ2v) is 6.59. The number of hydrogen-bond donors (Lipinski definition) is 1. The van der Waals surface area contributed by atoms with E-state index in [4.69, 9.17) is 19.4 Å². The van der Waals surface area contributed by atoms with Crippen molar-refractivity contribution in [2.24, 2.45) is 0 Å². The zero-order chi connectivity index (χ0) is 18.4. The van der Waals surface area contributed by atoms with Crippen LogP contribution in [-0.4, -0.2) is 43.4 Å². The van der Waals surface area contributed by atoms with E-state index in [0.717, 1.165) is 55.4 Å².